The number of halogens is 1. The van der Waals surface area contributed by atoms with Crippen molar-refractivity contribution in [1.29, 1.82) is 0 Å². The summed E-state index contributed by atoms with van der Waals surface area (Å²) in [6, 6.07) is 3.74. The average Bonchev–Trinajstić information content (AvgIpc) is 2.36. The average molecular weight is 351 g/mol. The second kappa shape index (κ2) is 6.47. The molecule has 1 atom stereocenters. The summed E-state index contributed by atoms with van der Waals surface area (Å²) in [6.45, 7) is 1.85. The van der Waals surface area contributed by atoms with Crippen molar-refractivity contribution in [2.45, 2.75) is 17.9 Å². The van der Waals surface area contributed by atoms with Crippen LogP contribution in [0.3, 0.4) is 0 Å². The minimum atomic E-state index is -3.68. The molecule has 3 N–H and O–H groups in total. The number of carbonyl (C=O) groups excluding carboxylic acids is 1. The maximum absolute atomic E-state index is 12.1. The van der Waals surface area contributed by atoms with E-state index < -0.39 is 16.0 Å². The van der Waals surface area contributed by atoms with Gasteiger partial charge in [0.15, 0.2) is 0 Å². The highest BCUT2D eigenvalue weighted by atomic mass is 79.9. The van der Waals surface area contributed by atoms with Crippen molar-refractivity contribution in [2.75, 3.05) is 13.7 Å². The number of sulfonamides is 1. The largest absolute Gasteiger partial charge is 0.465 e. The monoisotopic (exact) mass is 350 g/mol. The highest BCUT2D eigenvalue weighted by molar-refractivity contribution is 9.10. The SMILES string of the molecule is COC(=O)c1ccc(S(=O)(=O)N[C@@H](C)CN)c(Br)c1. The molecule has 1 aromatic rings. The Morgan fingerprint density at radius 3 is 2.63 bits per heavy atom. The lowest BCUT2D eigenvalue weighted by molar-refractivity contribution is 0.0600. The lowest BCUT2D eigenvalue weighted by Gasteiger charge is -2.13. The number of methoxy groups -OCH3 is 1. The van der Waals surface area contributed by atoms with Crippen molar-refractivity contribution in [3.63, 3.8) is 0 Å². The number of esters is 1. The smallest absolute Gasteiger partial charge is 0.337 e. The van der Waals surface area contributed by atoms with E-state index in [0.717, 1.165) is 0 Å². The molecule has 106 valence electrons. The Hall–Kier alpha value is -0.960. The van der Waals surface area contributed by atoms with Gasteiger partial charge in [-0.3, -0.25) is 0 Å². The Kier molecular flexibility index (Phi) is 5.48. The van der Waals surface area contributed by atoms with Crippen LogP contribution in [-0.2, 0) is 14.8 Å². The molecule has 0 aliphatic heterocycles. The molecule has 8 heteroatoms. The first-order valence-corrected chi connectivity index (χ1v) is 7.69. The van der Waals surface area contributed by atoms with E-state index in [4.69, 9.17) is 5.73 Å². The number of nitrogens with one attached hydrogen (secondary N) is 1. The van der Waals surface area contributed by atoms with E-state index in [0.29, 0.717) is 0 Å². The molecule has 0 spiro atoms. The van der Waals surface area contributed by atoms with Crippen LogP contribution in [0.25, 0.3) is 0 Å². The summed E-state index contributed by atoms with van der Waals surface area (Å²) in [5.74, 6) is -0.534. The Morgan fingerprint density at radius 2 is 2.16 bits per heavy atom. The van der Waals surface area contributed by atoms with E-state index in [9.17, 15) is 13.2 Å². The first kappa shape index (κ1) is 16.1. The van der Waals surface area contributed by atoms with E-state index in [1.807, 2.05) is 0 Å². The molecular weight excluding hydrogens is 336 g/mol. The molecule has 0 fully saturated rings. The normalized spacial score (nSPS) is 13.1. The first-order chi connectivity index (χ1) is 8.81. The van der Waals surface area contributed by atoms with Gasteiger partial charge in [-0.05, 0) is 41.1 Å². The standard InChI is InChI=1S/C11H15BrN2O4S/c1-7(6-13)14-19(16,17)10-4-3-8(5-9(10)12)11(15)18-2/h3-5,7,14H,6,13H2,1-2H3/t7-/m0/s1. The first-order valence-electron chi connectivity index (χ1n) is 5.42. The molecule has 6 nitrogen and oxygen atoms in total. The fraction of sp³-hybridized carbons (Fsp3) is 0.364. The van der Waals surface area contributed by atoms with Gasteiger partial charge in [-0.15, -0.1) is 0 Å². The van der Waals surface area contributed by atoms with Crippen LogP contribution in [0, 0.1) is 0 Å². The topological polar surface area (TPSA) is 98.5 Å². The summed E-state index contributed by atoms with van der Waals surface area (Å²) < 4.78 is 31.4. The summed E-state index contributed by atoms with van der Waals surface area (Å²) in [4.78, 5) is 11.4. The summed E-state index contributed by atoms with van der Waals surface area (Å²) in [6.07, 6.45) is 0. The lowest BCUT2D eigenvalue weighted by Crippen LogP contribution is -2.37. The predicted molar refractivity (Wildman–Crippen MR) is 74.3 cm³/mol. The zero-order chi connectivity index (χ0) is 14.6. The minimum Gasteiger partial charge on any atom is -0.465 e. The Morgan fingerprint density at radius 1 is 1.53 bits per heavy atom. The summed E-state index contributed by atoms with van der Waals surface area (Å²) in [5, 5.41) is 0. The number of hydrogen-bond acceptors (Lipinski definition) is 5. The van der Waals surface area contributed by atoms with Crippen LogP contribution in [0.4, 0.5) is 0 Å². The van der Waals surface area contributed by atoms with Crippen molar-refractivity contribution in [1.82, 2.24) is 4.72 Å². The van der Waals surface area contributed by atoms with E-state index in [1.165, 1.54) is 25.3 Å². The van der Waals surface area contributed by atoms with Gasteiger partial charge < -0.3 is 10.5 Å². The third-order valence-corrected chi connectivity index (χ3v) is 4.92. The third-order valence-electron chi connectivity index (χ3n) is 2.35. The number of carbonyl (C=O) groups is 1. The molecule has 0 heterocycles. The molecule has 0 saturated heterocycles. The fourth-order valence-electron chi connectivity index (χ4n) is 1.34. The molecule has 0 bridgehead atoms. The second-order valence-electron chi connectivity index (χ2n) is 3.89. The van der Waals surface area contributed by atoms with Gasteiger partial charge >= 0.3 is 5.97 Å². The molecule has 0 aliphatic rings. The van der Waals surface area contributed by atoms with E-state index >= 15 is 0 Å². The molecule has 1 aromatic carbocycles. The van der Waals surface area contributed by atoms with E-state index in [-0.39, 0.29) is 27.5 Å². The zero-order valence-electron chi connectivity index (χ0n) is 10.5. The number of benzene rings is 1. The van der Waals surface area contributed by atoms with Gasteiger partial charge in [0, 0.05) is 17.1 Å². The lowest BCUT2D eigenvalue weighted by atomic mass is 10.2. The van der Waals surface area contributed by atoms with Gasteiger partial charge in [-0.2, -0.15) is 0 Å². The Labute approximate surface area is 120 Å². The minimum absolute atomic E-state index is 0.0421. The van der Waals surface area contributed by atoms with Gasteiger partial charge in [0.25, 0.3) is 0 Å². The summed E-state index contributed by atoms with van der Waals surface area (Å²) in [5.41, 5.74) is 5.64. The molecule has 19 heavy (non-hydrogen) atoms. The van der Waals surface area contributed by atoms with Crippen LogP contribution >= 0.6 is 15.9 Å². The highest BCUT2D eigenvalue weighted by Crippen LogP contribution is 2.23. The third kappa shape index (κ3) is 4.00. The van der Waals surface area contributed by atoms with Crippen LogP contribution < -0.4 is 10.5 Å². The highest BCUT2D eigenvalue weighted by Gasteiger charge is 2.20. The number of rotatable bonds is 5. The maximum Gasteiger partial charge on any atom is 0.337 e. The van der Waals surface area contributed by atoms with Gasteiger partial charge in [-0.25, -0.2) is 17.9 Å². The Bertz CT molecular complexity index is 574. The molecule has 0 radical (unpaired) electrons. The van der Waals surface area contributed by atoms with Crippen LogP contribution in [0.2, 0.25) is 0 Å². The molecule has 0 aliphatic carbocycles. The van der Waals surface area contributed by atoms with Crippen LogP contribution in [0.15, 0.2) is 27.6 Å². The second-order valence-corrected chi connectivity index (χ2v) is 6.43. The van der Waals surface area contributed by atoms with Crippen molar-refractivity contribution >= 4 is 31.9 Å². The number of hydrogen-bond donors (Lipinski definition) is 2. The fourth-order valence-corrected chi connectivity index (χ4v) is 3.67. The number of nitrogens with two attached hydrogens (primary N) is 1. The quantitative estimate of drug-likeness (QED) is 0.767. The summed E-state index contributed by atoms with van der Waals surface area (Å²) >= 11 is 3.13. The zero-order valence-corrected chi connectivity index (χ0v) is 12.9. The van der Waals surface area contributed by atoms with Crippen LogP contribution in [0.5, 0.6) is 0 Å². The van der Waals surface area contributed by atoms with E-state index in [1.54, 1.807) is 6.92 Å². The van der Waals surface area contributed by atoms with Gasteiger partial charge in [-0.1, -0.05) is 0 Å². The Balaban J connectivity index is 3.12. The van der Waals surface area contributed by atoms with E-state index in [2.05, 4.69) is 25.4 Å². The predicted octanol–water partition coefficient (Wildman–Crippen LogP) is 0.861. The van der Waals surface area contributed by atoms with Gasteiger partial charge in [0.05, 0.1) is 17.6 Å². The van der Waals surface area contributed by atoms with Crippen LogP contribution in [-0.4, -0.2) is 34.1 Å². The van der Waals surface area contributed by atoms with Crippen molar-refractivity contribution in [2.24, 2.45) is 5.73 Å². The molecule has 0 amide bonds. The van der Waals surface area contributed by atoms with Gasteiger partial charge in [0.2, 0.25) is 10.0 Å². The van der Waals surface area contributed by atoms with Crippen molar-refractivity contribution < 1.29 is 17.9 Å². The summed E-state index contributed by atoms with van der Waals surface area (Å²) in [7, 11) is -2.43. The maximum atomic E-state index is 12.1. The molecular formula is C11H15BrN2O4S. The molecule has 1 rings (SSSR count). The number of ether oxygens (including phenoxy) is 1. The van der Waals surface area contributed by atoms with Crippen LogP contribution in [0.1, 0.15) is 17.3 Å². The van der Waals surface area contributed by atoms with Crippen molar-refractivity contribution in [3.8, 4) is 0 Å². The molecule has 0 saturated carbocycles. The van der Waals surface area contributed by atoms with Crippen molar-refractivity contribution in [3.05, 3.63) is 28.2 Å². The molecule has 0 aromatic heterocycles. The van der Waals surface area contributed by atoms with Gasteiger partial charge in [0.1, 0.15) is 0 Å². The molecule has 0 unspecified atom stereocenters.